The van der Waals surface area contributed by atoms with Gasteiger partial charge in [-0.1, -0.05) is 200 Å². The number of benzene rings is 8. The smallest absolute Gasteiger partial charge is 0.0865 e. The standard InChI is InChI=1S/C56H44N4/c1-4-18-37(19-5-1)43-24-10-11-25-44(43)40-34-41(36-42(35-40)56-59-54(38-20-6-2-7-21-38)58-55(60-56)39-22-8-3-9-23-39)45-32-33-51(47-27-13-12-26-46(45)47)53-50-30-15-14-28-48(50)49-29-16-17-31-52(49)57-53/h1-36,52,54-60H. The zero-order valence-corrected chi connectivity index (χ0v) is 33.1. The maximum atomic E-state index is 3.96. The lowest BCUT2D eigenvalue weighted by Crippen LogP contribution is -2.54. The molecule has 60 heavy (non-hydrogen) atoms. The van der Waals surface area contributed by atoms with E-state index in [2.05, 4.69) is 240 Å². The van der Waals surface area contributed by atoms with Crippen LogP contribution in [0.15, 0.2) is 218 Å². The van der Waals surface area contributed by atoms with E-state index in [1.54, 1.807) is 0 Å². The minimum atomic E-state index is -0.170. The molecule has 3 atom stereocenters. The summed E-state index contributed by atoms with van der Waals surface area (Å²) in [6.45, 7) is 0. The van der Waals surface area contributed by atoms with E-state index < -0.39 is 0 Å². The Labute approximate surface area is 351 Å². The van der Waals surface area contributed by atoms with E-state index >= 15 is 0 Å². The molecule has 288 valence electrons. The first-order valence-corrected chi connectivity index (χ1v) is 20.9. The second kappa shape index (κ2) is 15.6. The van der Waals surface area contributed by atoms with Crippen molar-refractivity contribution in [1.82, 2.24) is 21.3 Å². The minimum absolute atomic E-state index is 0.0818. The first-order valence-electron chi connectivity index (χ1n) is 20.9. The zero-order valence-electron chi connectivity index (χ0n) is 33.1. The van der Waals surface area contributed by atoms with E-state index in [0.29, 0.717) is 0 Å². The van der Waals surface area contributed by atoms with Crippen molar-refractivity contribution in [2.75, 3.05) is 0 Å². The third kappa shape index (κ3) is 6.67. The van der Waals surface area contributed by atoms with E-state index in [1.165, 1.54) is 82.4 Å². The summed E-state index contributed by atoms with van der Waals surface area (Å²) in [6.07, 6.45) is 8.45. The van der Waals surface area contributed by atoms with E-state index in [1.807, 2.05) is 0 Å². The molecular weight excluding hydrogens is 729 g/mol. The quantitative estimate of drug-likeness (QED) is 0.130. The first-order chi connectivity index (χ1) is 29.7. The van der Waals surface area contributed by atoms with Gasteiger partial charge < -0.3 is 5.32 Å². The molecule has 0 amide bonds. The van der Waals surface area contributed by atoms with Crippen LogP contribution < -0.4 is 31.7 Å². The van der Waals surface area contributed by atoms with E-state index in [9.17, 15) is 0 Å². The van der Waals surface area contributed by atoms with Gasteiger partial charge in [-0.05, 0) is 89.8 Å². The Morgan fingerprint density at radius 1 is 0.350 bits per heavy atom. The molecule has 2 heterocycles. The Hall–Kier alpha value is -7.08. The third-order valence-corrected chi connectivity index (χ3v) is 12.2. The van der Waals surface area contributed by atoms with Crippen molar-refractivity contribution in [3.05, 3.63) is 251 Å². The summed E-state index contributed by atoms with van der Waals surface area (Å²) in [5.74, 6) is 0. The summed E-state index contributed by atoms with van der Waals surface area (Å²) in [5.41, 5.74) is 14.4. The van der Waals surface area contributed by atoms with Crippen molar-refractivity contribution in [3.8, 4) is 33.4 Å². The molecule has 4 nitrogen and oxygen atoms in total. The SMILES string of the molecule is C1=CC2=c3ccccc3=C(c3ccc(-c4cc(-c5ccccc5-c5ccccc5)cc(C5NC(c6ccccc6)NC(c6ccccc6)N5)c4)c4ccccc34)NC2C=C1. The van der Waals surface area contributed by atoms with Crippen LogP contribution in [0.5, 0.6) is 0 Å². The van der Waals surface area contributed by atoms with Gasteiger partial charge in [0.2, 0.25) is 0 Å². The molecule has 0 saturated carbocycles. The fraction of sp³-hybridized carbons (Fsp3) is 0.0714. The molecular formula is C56H44N4. The number of allylic oxidation sites excluding steroid dienone is 2. The molecule has 4 N–H and O–H groups in total. The molecule has 8 aromatic carbocycles. The first kappa shape index (κ1) is 36.0. The van der Waals surface area contributed by atoms with E-state index in [0.717, 1.165) is 5.70 Å². The third-order valence-electron chi connectivity index (χ3n) is 12.2. The summed E-state index contributed by atoms with van der Waals surface area (Å²) in [7, 11) is 0. The molecule has 1 fully saturated rings. The van der Waals surface area contributed by atoms with Gasteiger partial charge >= 0.3 is 0 Å². The van der Waals surface area contributed by atoms with Crippen molar-refractivity contribution in [3.63, 3.8) is 0 Å². The summed E-state index contributed by atoms with van der Waals surface area (Å²) < 4.78 is 0. The lowest BCUT2D eigenvalue weighted by Gasteiger charge is -2.40. The second-order valence-electron chi connectivity index (χ2n) is 15.8. The van der Waals surface area contributed by atoms with Gasteiger partial charge in [-0.3, -0.25) is 16.0 Å². The van der Waals surface area contributed by atoms with Gasteiger partial charge in [0.15, 0.2) is 0 Å². The van der Waals surface area contributed by atoms with Gasteiger partial charge in [0.25, 0.3) is 0 Å². The van der Waals surface area contributed by atoms with E-state index in [-0.39, 0.29) is 24.5 Å². The summed E-state index contributed by atoms with van der Waals surface area (Å²) in [5, 5.41) is 20.7. The maximum absolute atomic E-state index is 3.96. The fourth-order valence-corrected chi connectivity index (χ4v) is 9.35. The Morgan fingerprint density at radius 2 is 0.850 bits per heavy atom. The van der Waals surface area contributed by atoms with Crippen LogP contribution in [-0.4, -0.2) is 6.04 Å². The molecule has 8 aromatic rings. The predicted molar refractivity (Wildman–Crippen MR) is 248 cm³/mol. The number of nitrogens with one attached hydrogen (secondary N) is 4. The van der Waals surface area contributed by atoms with Crippen LogP contribution in [-0.2, 0) is 0 Å². The second-order valence-corrected chi connectivity index (χ2v) is 15.8. The molecule has 0 aromatic heterocycles. The molecule has 4 heteroatoms. The largest absolute Gasteiger partial charge is 0.374 e. The van der Waals surface area contributed by atoms with E-state index in [4.69, 9.17) is 0 Å². The number of fused-ring (bicyclic) bond motifs is 3. The molecule has 11 rings (SSSR count). The maximum Gasteiger partial charge on any atom is 0.0865 e. The number of rotatable bonds is 7. The lowest BCUT2D eigenvalue weighted by molar-refractivity contribution is 0.203. The average Bonchev–Trinajstić information content (AvgIpc) is 3.34. The van der Waals surface area contributed by atoms with Crippen LogP contribution in [0.2, 0.25) is 0 Å². The Morgan fingerprint density at radius 3 is 1.52 bits per heavy atom. The number of hydrogen-bond donors (Lipinski definition) is 4. The van der Waals surface area contributed by atoms with Gasteiger partial charge in [0.05, 0.1) is 30.2 Å². The summed E-state index contributed by atoms with van der Waals surface area (Å²) in [4.78, 5) is 0. The summed E-state index contributed by atoms with van der Waals surface area (Å²) >= 11 is 0. The zero-order chi connectivity index (χ0) is 39.8. The predicted octanol–water partition coefficient (Wildman–Crippen LogP) is 10.4. The van der Waals surface area contributed by atoms with Gasteiger partial charge in [-0.2, -0.15) is 0 Å². The Balaban J connectivity index is 1.11. The molecule has 3 unspecified atom stereocenters. The van der Waals surface area contributed by atoms with Crippen molar-refractivity contribution in [1.29, 1.82) is 0 Å². The van der Waals surface area contributed by atoms with Crippen molar-refractivity contribution in [2.45, 2.75) is 24.5 Å². The molecule has 1 saturated heterocycles. The minimum Gasteiger partial charge on any atom is -0.374 e. The highest BCUT2D eigenvalue weighted by atomic mass is 15.4. The highest BCUT2D eigenvalue weighted by molar-refractivity contribution is 6.03. The monoisotopic (exact) mass is 772 g/mol. The molecule has 0 spiro atoms. The number of hydrogen-bond acceptors (Lipinski definition) is 4. The van der Waals surface area contributed by atoms with Gasteiger partial charge in [-0.15, -0.1) is 0 Å². The molecule has 3 aliphatic rings. The van der Waals surface area contributed by atoms with Crippen LogP contribution in [0.25, 0.3) is 55.4 Å². The summed E-state index contributed by atoms with van der Waals surface area (Å²) in [6, 6.07) is 70.5. The average molecular weight is 773 g/mol. The molecule has 0 radical (unpaired) electrons. The normalized spacial score (nSPS) is 19.4. The lowest BCUT2D eigenvalue weighted by atomic mass is 9.87. The van der Waals surface area contributed by atoms with Crippen LogP contribution in [0.4, 0.5) is 0 Å². The van der Waals surface area contributed by atoms with Crippen LogP contribution in [0.3, 0.4) is 0 Å². The Bertz CT molecular complexity index is 3010. The van der Waals surface area contributed by atoms with Crippen LogP contribution in [0, 0.1) is 0 Å². The van der Waals surface area contributed by atoms with Gasteiger partial charge in [0, 0.05) is 10.8 Å². The van der Waals surface area contributed by atoms with Crippen LogP contribution >= 0.6 is 0 Å². The van der Waals surface area contributed by atoms with Gasteiger partial charge in [-0.25, -0.2) is 0 Å². The van der Waals surface area contributed by atoms with Crippen molar-refractivity contribution in [2.24, 2.45) is 0 Å². The van der Waals surface area contributed by atoms with Crippen molar-refractivity contribution >= 4 is 22.0 Å². The van der Waals surface area contributed by atoms with Crippen LogP contribution in [0.1, 0.15) is 40.8 Å². The topological polar surface area (TPSA) is 48.1 Å². The fourth-order valence-electron chi connectivity index (χ4n) is 9.35. The molecule has 1 aliphatic carbocycles. The van der Waals surface area contributed by atoms with Gasteiger partial charge in [0.1, 0.15) is 0 Å². The van der Waals surface area contributed by atoms with Crippen molar-refractivity contribution < 1.29 is 0 Å². The molecule has 2 aliphatic heterocycles. The highest BCUT2D eigenvalue weighted by Crippen LogP contribution is 2.40. The highest BCUT2D eigenvalue weighted by Gasteiger charge is 2.30. The Kier molecular flexibility index (Phi) is 9.36. The molecule has 0 bridgehead atoms.